The van der Waals surface area contributed by atoms with Crippen molar-refractivity contribution < 1.29 is 19.4 Å². The van der Waals surface area contributed by atoms with E-state index in [1.165, 1.54) is 19.1 Å². The molecule has 0 heterocycles. The number of carboxylic acid groups (broad SMARTS) is 1. The van der Waals surface area contributed by atoms with Gasteiger partial charge in [-0.2, -0.15) is 0 Å². The second-order valence-corrected chi connectivity index (χ2v) is 4.22. The monoisotopic (exact) mass is 276 g/mol. The molecule has 4 nitrogen and oxygen atoms in total. The summed E-state index contributed by atoms with van der Waals surface area (Å²) >= 11 is 11.7. The SMILES string of the molecule is CC(=O)OCc1cc(Cl)cc(Cl)c1CC(=O)O. The lowest BCUT2D eigenvalue weighted by Gasteiger charge is -2.10. The van der Waals surface area contributed by atoms with Gasteiger partial charge in [-0.3, -0.25) is 9.59 Å². The van der Waals surface area contributed by atoms with E-state index in [-0.39, 0.29) is 18.1 Å². The van der Waals surface area contributed by atoms with E-state index in [1.807, 2.05) is 0 Å². The first-order valence-electron chi connectivity index (χ1n) is 4.72. The number of hydrogen-bond donors (Lipinski definition) is 1. The molecule has 1 N–H and O–H groups in total. The zero-order chi connectivity index (χ0) is 13.0. The number of hydrogen-bond acceptors (Lipinski definition) is 3. The largest absolute Gasteiger partial charge is 0.481 e. The summed E-state index contributed by atoms with van der Waals surface area (Å²) in [5.74, 6) is -1.47. The quantitative estimate of drug-likeness (QED) is 0.859. The van der Waals surface area contributed by atoms with Gasteiger partial charge >= 0.3 is 11.9 Å². The van der Waals surface area contributed by atoms with Gasteiger partial charge in [0.25, 0.3) is 0 Å². The molecule has 0 saturated heterocycles. The van der Waals surface area contributed by atoms with Gasteiger partial charge in [-0.25, -0.2) is 0 Å². The zero-order valence-electron chi connectivity index (χ0n) is 9.00. The summed E-state index contributed by atoms with van der Waals surface area (Å²) in [6.07, 6.45) is -0.243. The van der Waals surface area contributed by atoms with Crippen LogP contribution in [0.15, 0.2) is 12.1 Å². The van der Waals surface area contributed by atoms with Crippen LogP contribution in [0.3, 0.4) is 0 Å². The predicted molar refractivity (Wildman–Crippen MR) is 63.3 cm³/mol. The molecular formula is C11H10Cl2O4. The van der Waals surface area contributed by atoms with Crippen molar-refractivity contribution in [2.45, 2.75) is 20.0 Å². The second-order valence-electron chi connectivity index (χ2n) is 3.38. The van der Waals surface area contributed by atoms with Crippen molar-refractivity contribution in [3.05, 3.63) is 33.3 Å². The van der Waals surface area contributed by atoms with Gasteiger partial charge in [-0.1, -0.05) is 23.2 Å². The van der Waals surface area contributed by atoms with E-state index >= 15 is 0 Å². The first-order chi connectivity index (χ1) is 7.90. The van der Waals surface area contributed by atoms with Gasteiger partial charge in [-0.05, 0) is 23.3 Å². The van der Waals surface area contributed by atoms with Crippen molar-refractivity contribution in [1.29, 1.82) is 0 Å². The fourth-order valence-electron chi connectivity index (χ4n) is 1.31. The molecule has 0 saturated carbocycles. The van der Waals surface area contributed by atoms with Gasteiger partial charge in [0.15, 0.2) is 0 Å². The van der Waals surface area contributed by atoms with E-state index in [0.717, 1.165) is 0 Å². The fraction of sp³-hybridized carbons (Fsp3) is 0.273. The molecule has 0 aliphatic carbocycles. The average molecular weight is 277 g/mol. The summed E-state index contributed by atoms with van der Waals surface area (Å²) in [7, 11) is 0. The van der Waals surface area contributed by atoms with Gasteiger partial charge in [0.2, 0.25) is 0 Å². The lowest BCUT2D eigenvalue weighted by Crippen LogP contribution is -2.07. The molecule has 0 bridgehead atoms. The third-order valence-corrected chi connectivity index (χ3v) is 2.57. The number of carbonyl (C=O) groups is 2. The van der Waals surface area contributed by atoms with Crippen LogP contribution < -0.4 is 0 Å². The Hall–Kier alpha value is -1.26. The molecule has 0 unspecified atom stereocenters. The van der Waals surface area contributed by atoms with Crippen molar-refractivity contribution >= 4 is 35.1 Å². The van der Waals surface area contributed by atoms with E-state index in [9.17, 15) is 9.59 Å². The maximum absolute atomic E-state index is 10.7. The maximum atomic E-state index is 10.7. The number of carboxylic acids is 1. The molecule has 0 aliphatic heterocycles. The molecule has 0 fully saturated rings. The molecule has 92 valence electrons. The van der Waals surface area contributed by atoms with Gasteiger partial charge < -0.3 is 9.84 Å². The van der Waals surface area contributed by atoms with Crippen LogP contribution in [0, 0.1) is 0 Å². The Kier molecular flexibility index (Phi) is 4.78. The van der Waals surface area contributed by atoms with Crippen molar-refractivity contribution in [1.82, 2.24) is 0 Å². The van der Waals surface area contributed by atoms with Crippen LogP contribution >= 0.6 is 23.2 Å². The molecule has 0 aliphatic rings. The molecule has 17 heavy (non-hydrogen) atoms. The van der Waals surface area contributed by atoms with Gasteiger partial charge in [0.1, 0.15) is 6.61 Å². The Balaban J connectivity index is 3.06. The van der Waals surface area contributed by atoms with E-state index in [2.05, 4.69) is 0 Å². The summed E-state index contributed by atoms with van der Waals surface area (Å²) < 4.78 is 4.81. The minimum absolute atomic E-state index is 0.0434. The maximum Gasteiger partial charge on any atom is 0.307 e. The normalized spacial score (nSPS) is 10.1. The van der Waals surface area contributed by atoms with Crippen LogP contribution in [0.2, 0.25) is 10.0 Å². The Morgan fingerprint density at radius 1 is 1.35 bits per heavy atom. The van der Waals surface area contributed by atoms with E-state index in [4.69, 9.17) is 33.0 Å². The summed E-state index contributed by atoms with van der Waals surface area (Å²) in [5.41, 5.74) is 0.907. The van der Waals surface area contributed by atoms with Gasteiger partial charge in [0.05, 0.1) is 6.42 Å². The average Bonchev–Trinajstić information content (AvgIpc) is 2.18. The van der Waals surface area contributed by atoms with Crippen LogP contribution in [0.25, 0.3) is 0 Å². The third-order valence-electron chi connectivity index (χ3n) is 2.01. The molecule has 1 aromatic carbocycles. The lowest BCUT2D eigenvalue weighted by atomic mass is 10.1. The smallest absolute Gasteiger partial charge is 0.307 e. The molecule has 0 spiro atoms. The summed E-state index contributed by atoms with van der Waals surface area (Å²) in [4.78, 5) is 21.4. The summed E-state index contributed by atoms with van der Waals surface area (Å²) in [6, 6.07) is 2.99. The van der Waals surface area contributed by atoms with Gasteiger partial charge in [-0.15, -0.1) is 0 Å². The van der Waals surface area contributed by atoms with E-state index in [1.54, 1.807) is 0 Å². The number of rotatable bonds is 4. The van der Waals surface area contributed by atoms with Crippen molar-refractivity contribution in [3.63, 3.8) is 0 Å². The fourth-order valence-corrected chi connectivity index (χ4v) is 1.92. The number of carbonyl (C=O) groups excluding carboxylic acids is 1. The minimum Gasteiger partial charge on any atom is -0.481 e. The Morgan fingerprint density at radius 2 is 2.00 bits per heavy atom. The van der Waals surface area contributed by atoms with E-state index in [0.29, 0.717) is 16.1 Å². The van der Waals surface area contributed by atoms with Crippen LogP contribution in [-0.2, 0) is 27.4 Å². The lowest BCUT2D eigenvalue weighted by molar-refractivity contribution is -0.142. The molecular weight excluding hydrogens is 267 g/mol. The molecule has 0 radical (unpaired) electrons. The molecule has 0 aromatic heterocycles. The topological polar surface area (TPSA) is 63.6 Å². The highest BCUT2D eigenvalue weighted by molar-refractivity contribution is 6.35. The number of aliphatic carboxylic acids is 1. The number of halogens is 2. The van der Waals surface area contributed by atoms with Crippen molar-refractivity contribution in [3.8, 4) is 0 Å². The standard InChI is InChI=1S/C11H10Cl2O4/c1-6(14)17-5-7-2-8(12)3-10(13)9(7)4-11(15)16/h2-3H,4-5H2,1H3,(H,15,16). The molecule has 0 atom stereocenters. The molecule has 0 amide bonds. The first-order valence-corrected chi connectivity index (χ1v) is 5.47. The van der Waals surface area contributed by atoms with Crippen molar-refractivity contribution in [2.24, 2.45) is 0 Å². The van der Waals surface area contributed by atoms with E-state index < -0.39 is 11.9 Å². The third kappa shape index (κ3) is 4.24. The highest BCUT2D eigenvalue weighted by atomic mass is 35.5. The van der Waals surface area contributed by atoms with Crippen molar-refractivity contribution in [2.75, 3.05) is 0 Å². The second kappa shape index (κ2) is 5.89. The highest BCUT2D eigenvalue weighted by Crippen LogP contribution is 2.26. The minimum atomic E-state index is -1.02. The number of ether oxygens (including phenoxy) is 1. The van der Waals surface area contributed by atoms with Crippen LogP contribution in [0.1, 0.15) is 18.1 Å². The summed E-state index contributed by atoms with van der Waals surface area (Å²) in [5, 5.41) is 9.38. The van der Waals surface area contributed by atoms with Crippen LogP contribution in [0.5, 0.6) is 0 Å². The number of esters is 1. The molecule has 1 aromatic rings. The number of benzene rings is 1. The first kappa shape index (κ1) is 13.8. The zero-order valence-corrected chi connectivity index (χ0v) is 10.5. The summed E-state index contributed by atoms with van der Waals surface area (Å²) in [6.45, 7) is 1.22. The highest BCUT2D eigenvalue weighted by Gasteiger charge is 2.13. The Labute approximate surface area is 108 Å². The van der Waals surface area contributed by atoms with Crippen LogP contribution in [0.4, 0.5) is 0 Å². The molecule has 1 rings (SSSR count). The predicted octanol–water partition coefficient (Wildman–Crippen LogP) is 2.68. The Morgan fingerprint density at radius 3 is 2.53 bits per heavy atom. The molecule has 6 heteroatoms. The van der Waals surface area contributed by atoms with Crippen LogP contribution in [-0.4, -0.2) is 17.0 Å². The Bertz CT molecular complexity index is 457. The van der Waals surface area contributed by atoms with Gasteiger partial charge in [0, 0.05) is 17.0 Å².